The summed E-state index contributed by atoms with van der Waals surface area (Å²) in [6, 6.07) is 12.6. The Morgan fingerprint density at radius 2 is 1.92 bits per heavy atom. The minimum atomic E-state index is 0.939. The minimum absolute atomic E-state index is 0.939. The largest absolute Gasteiger partial charge is 0.306 e. The molecule has 1 aliphatic heterocycles. The van der Waals surface area contributed by atoms with E-state index in [4.69, 9.17) is 0 Å². The van der Waals surface area contributed by atoms with Crippen LogP contribution >= 0.6 is 23.1 Å². The van der Waals surface area contributed by atoms with Crippen molar-refractivity contribution in [1.29, 1.82) is 0 Å². The Hall–Kier alpha value is -2.25. The smallest absolute Gasteiger partial charge is 0.197 e. The summed E-state index contributed by atoms with van der Waals surface area (Å²) in [5.41, 5.74) is 1.21. The normalized spacial score (nSPS) is 14.3. The first kappa shape index (κ1) is 16.0. The highest BCUT2D eigenvalue weighted by atomic mass is 32.2. The van der Waals surface area contributed by atoms with E-state index in [1.807, 2.05) is 6.07 Å². The second-order valence-corrected chi connectivity index (χ2v) is 8.32. The van der Waals surface area contributed by atoms with Crippen LogP contribution in [-0.2, 0) is 13.0 Å². The van der Waals surface area contributed by atoms with Crippen molar-refractivity contribution in [3.63, 3.8) is 0 Å². The van der Waals surface area contributed by atoms with Gasteiger partial charge >= 0.3 is 0 Å². The van der Waals surface area contributed by atoms with Crippen molar-refractivity contribution in [3.8, 4) is 10.4 Å². The second kappa shape index (κ2) is 6.81. The molecular weight excluding hydrogens is 362 g/mol. The van der Waals surface area contributed by atoms with Crippen molar-refractivity contribution in [3.05, 3.63) is 48.5 Å². The van der Waals surface area contributed by atoms with Gasteiger partial charge in [-0.05, 0) is 36.2 Å². The Bertz CT molecular complexity index is 1050. The first-order valence-electron chi connectivity index (χ1n) is 8.78. The maximum absolute atomic E-state index is 4.54. The fourth-order valence-electron chi connectivity index (χ4n) is 3.28. The van der Waals surface area contributed by atoms with E-state index in [0.29, 0.717) is 0 Å². The number of nitrogens with zero attached hydrogens (tertiary/aromatic N) is 5. The van der Waals surface area contributed by atoms with Gasteiger partial charge in [0.2, 0.25) is 0 Å². The van der Waals surface area contributed by atoms with E-state index in [-0.39, 0.29) is 0 Å². The average molecular weight is 380 g/mol. The summed E-state index contributed by atoms with van der Waals surface area (Å²) < 4.78 is 2.26. The summed E-state index contributed by atoms with van der Waals surface area (Å²) in [5.74, 6) is 1.10. The van der Waals surface area contributed by atoms with Gasteiger partial charge in [-0.25, -0.2) is 9.97 Å². The van der Waals surface area contributed by atoms with Crippen LogP contribution < -0.4 is 0 Å². The molecule has 0 radical (unpaired) electrons. The molecule has 0 unspecified atom stereocenters. The molecule has 7 heteroatoms. The first-order valence-corrected chi connectivity index (χ1v) is 10.4. The van der Waals surface area contributed by atoms with E-state index < -0.39 is 0 Å². The summed E-state index contributed by atoms with van der Waals surface area (Å²) in [6.07, 6.45) is 6.31. The lowest BCUT2D eigenvalue weighted by atomic mass is 10.2. The van der Waals surface area contributed by atoms with Crippen LogP contribution in [0, 0.1) is 0 Å². The quantitative estimate of drug-likeness (QED) is 0.477. The Morgan fingerprint density at radius 3 is 2.85 bits per heavy atom. The van der Waals surface area contributed by atoms with Crippen LogP contribution in [0.3, 0.4) is 0 Å². The molecule has 0 bridgehead atoms. The van der Waals surface area contributed by atoms with Crippen molar-refractivity contribution in [1.82, 2.24) is 24.7 Å². The lowest BCUT2D eigenvalue weighted by Crippen LogP contribution is -2.02. The topological polar surface area (TPSA) is 56.5 Å². The SMILES string of the molecule is c1ccc(-c2cc3c(Sc4nnc5n4CCCCC5)ncnc3s2)cc1. The van der Waals surface area contributed by atoms with Crippen molar-refractivity contribution in [2.75, 3.05) is 0 Å². The zero-order valence-corrected chi connectivity index (χ0v) is 15.8. The molecule has 130 valence electrons. The van der Waals surface area contributed by atoms with Crippen molar-refractivity contribution in [2.45, 2.75) is 42.4 Å². The monoisotopic (exact) mass is 379 g/mol. The van der Waals surface area contributed by atoms with Gasteiger partial charge in [0.25, 0.3) is 0 Å². The Morgan fingerprint density at radius 1 is 1.00 bits per heavy atom. The number of fused-ring (bicyclic) bond motifs is 2. The highest BCUT2D eigenvalue weighted by molar-refractivity contribution is 7.99. The third-order valence-corrected chi connectivity index (χ3v) is 6.71. The van der Waals surface area contributed by atoms with Crippen LogP contribution in [0.2, 0.25) is 0 Å². The maximum Gasteiger partial charge on any atom is 0.197 e. The molecule has 0 amide bonds. The highest BCUT2D eigenvalue weighted by Crippen LogP contribution is 2.38. The Kier molecular flexibility index (Phi) is 4.18. The van der Waals surface area contributed by atoms with Crippen molar-refractivity contribution >= 4 is 33.3 Å². The molecule has 0 saturated heterocycles. The van der Waals surface area contributed by atoms with Gasteiger partial charge in [-0.15, -0.1) is 21.5 Å². The molecular formula is C19H17N5S2. The van der Waals surface area contributed by atoms with Gasteiger partial charge in [0.05, 0.1) is 0 Å². The minimum Gasteiger partial charge on any atom is -0.306 e. The van der Waals surface area contributed by atoms with Gasteiger partial charge in [-0.2, -0.15) is 0 Å². The standard InChI is InChI=1S/C19H17N5S2/c1-3-7-13(8-4-1)15-11-14-17(25-15)20-12-21-18(14)26-19-23-22-16-9-5-2-6-10-24(16)19/h1,3-4,7-8,11-12H,2,5-6,9-10H2. The fourth-order valence-corrected chi connectivity index (χ4v) is 5.28. The molecule has 26 heavy (non-hydrogen) atoms. The summed E-state index contributed by atoms with van der Waals surface area (Å²) in [7, 11) is 0. The van der Waals surface area contributed by atoms with E-state index in [2.05, 4.69) is 55.1 Å². The molecule has 0 fully saturated rings. The lowest BCUT2D eigenvalue weighted by Gasteiger charge is -2.06. The molecule has 0 N–H and O–H groups in total. The number of rotatable bonds is 3. The van der Waals surface area contributed by atoms with E-state index in [1.54, 1.807) is 29.4 Å². The van der Waals surface area contributed by atoms with E-state index in [1.165, 1.54) is 29.7 Å². The van der Waals surface area contributed by atoms with Crippen LogP contribution in [0.15, 0.2) is 52.9 Å². The number of benzene rings is 1. The molecule has 1 aliphatic rings. The van der Waals surface area contributed by atoms with Crippen LogP contribution in [0.1, 0.15) is 25.1 Å². The fraction of sp³-hybridized carbons (Fsp3) is 0.263. The molecule has 0 spiro atoms. The number of hydrogen-bond donors (Lipinski definition) is 0. The molecule has 0 aliphatic carbocycles. The number of thiophene rings is 1. The number of aromatic nitrogens is 5. The highest BCUT2D eigenvalue weighted by Gasteiger charge is 2.18. The summed E-state index contributed by atoms with van der Waals surface area (Å²) in [5, 5.41) is 11.8. The maximum atomic E-state index is 4.54. The van der Waals surface area contributed by atoms with Crippen LogP contribution in [0.4, 0.5) is 0 Å². The number of hydrogen-bond acceptors (Lipinski definition) is 6. The zero-order chi connectivity index (χ0) is 17.3. The van der Waals surface area contributed by atoms with E-state index >= 15 is 0 Å². The third kappa shape index (κ3) is 2.91. The van der Waals surface area contributed by atoms with E-state index in [9.17, 15) is 0 Å². The average Bonchev–Trinajstić information content (AvgIpc) is 3.20. The molecule has 0 saturated carbocycles. The van der Waals surface area contributed by atoms with Crippen molar-refractivity contribution in [2.24, 2.45) is 0 Å². The Labute approximate surface area is 159 Å². The van der Waals surface area contributed by atoms with Gasteiger partial charge in [-0.3, -0.25) is 0 Å². The van der Waals surface area contributed by atoms with Gasteiger partial charge < -0.3 is 4.57 Å². The van der Waals surface area contributed by atoms with Gasteiger partial charge in [0.15, 0.2) is 5.16 Å². The molecule has 4 aromatic rings. The predicted octanol–water partition coefficient (Wildman–Crippen LogP) is 4.83. The van der Waals surface area contributed by atoms with Gasteiger partial charge in [-0.1, -0.05) is 36.8 Å². The molecule has 1 aromatic carbocycles. The van der Waals surface area contributed by atoms with Gasteiger partial charge in [0.1, 0.15) is 22.0 Å². The van der Waals surface area contributed by atoms with Crippen LogP contribution in [0.25, 0.3) is 20.7 Å². The summed E-state index contributed by atoms with van der Waals surface area (Å²) in [4.78, 5) is 11.2. The first-order chi connectivity index (χ1) is 12.9. The molecule has 3 aromatic heterocycles. The molecule has 0 atom stereocenters. The molecule has 5 rings (SSSR count). The second-order valence-electron chi connectivity index (χ2n) is 6.34. The van der Waals surface area contributed by atoms with Crippen LogP contribution in [-0.4, -0.2) is 24.7 Å². The third-order valence-electron chi connectivity index (χ3n) is 4.61. The Balaban J connectivity index is 1.54. The summed E-state index contributed by atoms with van der Waals surface area (Å²) >= 11 is 3.30. The number of aryl methyl sites for hydroxylation is 1. The lowest BCUT2D eigenvalue weighted by molar-refractivity contribution is 0.591. The summed E-state index contributed by atoms with van der Waals surface area (Å²) in [6.45, 7) is 0.998. The molecule has 5 nitrogen and oxygen atoms in total. The predicted molar refractivity (Wildman–Crippen MR) is 105 cm³/mol. The molecule has 4 heterocycles. The van der Waals surface area contributed by atoms with E-state index in [0.717, 1.165) is 39.2 Å². The zero-order valence-electron chi connectivity index (χ0n) is 14.1. The van der Waals surface area contributed by atoms with Crippen molar-refractivity contribution < 1.29 is 0 Å². The van der Waals surface area contributed by atoms with Crippen LogP contribution in [0.5, 0.6) is 0 Å². The van der Waals surface area contributed by atoms with Gasteiger partial charge in [0, 0.05) is 23.2 Å².